The van der Waals surface area contributed by atoms with Crippen molar-refractivity contribution >= 4 is 11.8 Å². The highest BCUT2D eigenvalue weighted by atomic mass is 16.2. The predicted octanol–water partition coefficient (Wildman–Crippen LogP) is 2.58. The first-order chi connectivity index (χ1) is 11.7. The van der Waals surface area contributed by atoms with Crippen LogP contribution in [0.5, 0.6) is 0 Å². The molecule has 4 heteroatoms. The van der Waals surface area contributed by atoms with Gasteiger partial charge in [0.2, 0.25) is 11.8 Å². The number of benzene rings is 1. The number of fused-ring (bicyclic) bond motifs is 1. The number of hydrogen-bond acceptors (Lipinski definition) is 2. The van der Waals surface area contributed by atoms with Crippen molar-refractivity contribution in [2.24, 2.45) is 0 Å². The fraction of sp³-hybridized carbons (Fsp3) is 0.600. The molecule has 1 aromatic carbocycles. The Hall–Kier alpha value is -1.84. The minimum Gasteiger partial charge on any atom is -0.341 e. The first kappa shape index (κ1) is 17.0. The Morgan fingerprint density at radius 1 is 0.917 bits per heavy atom. The SMILES string of the molecule is CCCC(=O)N1CCCN(C(=O)Cc2ccc3c(c2)CCC3)CC1. The van der Waals surface area contributed by atoms with Crippen LogP contribution in [0.1, 0.15) is 49.3 Å². The second kappa shape index (κ2) is 7.82. The lowest BCUT2D eigenvalue weighted by Crippen LogP contribution is -2.37. The van der Waals surface area contributed by atoms with Crippen LogP contribution in [0.3, 0.4) is 0 Å². The molecule has 1 aliphatic carbocycles. The molecule has 0 spiro atoms. The van der Waals surface area contributed by atoms with Crippen LogP contribution in [0.15, 0.2) is 18.2 Å². The highest BCUT2D eigenvalue weighted by Gasteiger charge is 2.22. The first-order valence-electron chi connectivity index (χ1n) is 9.33. The van der Waals surface area contributed by atoms with Crippen LogP contribution in [0, 0.1) is 0 Å². The number of aryl methyl sites for hydroxylation is 2. The van der Waals surface area contributed by atoms with Crippen molar-refractivity contribution in [2.75, 3.05) is 26.2 Å². The molecule has 130 valence electrons. The van der Waals surface area contributed by atoms with Crippen molar-refractivity contribution in [1.82, 2.24) is 9.80 Å². The minimum atomic E-state index is 0.192. The first-order valence-corrected chi connectivity index (χ1v) is 9.33. The summed E-state index contributed by atoms with van der Waals surface area (Å²) in [5.74, 6) is 0.420. The van der Waals surface area contributed by atoms with Crippen LogP contribution < -0.4 is 0 Å². The molecular formula is C20H28N2O2. The maximum atomic E-state index is 12.6. The van der Waals surface area contributed by atoms with Crippen LogP contribution in [-0.2, 0) is 28.9 Å². The molecule has 0 aromatic heterocycles. The number of carbonyl (C=O) groups excluding carboxylic acids is 2. The molecule has 24 heavy (non-hydrogen) atoms. The van der Waals surface area contributed by atoms with Gasteiger partial charge in [0.15, 0.2) is 0 Å². The molecule has 0 unspecified atom stereocenters. The zero-order valence-electron chi connectivity index (χ0n) is 14.7. The molecule has 0 bridgehead atoms. The second-order valence-corrected chi connectivity index (χ2v) is 7.00. The maximum Gasteiger partial charge on any atom is 0.227 e. The fourth-order valence-corrected chi connectivity index (χ4v) is 3.81. The fourth-order valence-electron chi connectivity index (χ4n) is 3.81. The summed E-state index contributed by atoms with van der Waals surface area (Å²) < 4.78 is 0. The summed E-state index contributed by atoms with van der Waals surface area (Å²) in [7, 11) is 0. The normalized spacial score (nSPS) is 17.5. The lowest BCUT2D eigenvalue weighted by molar-refractivity contribution is -0.133. The summed E-state index contributed by atoms with van der Waals surface area (Å²) in [4.78, 5) is 28.6. The third kappa shape index (κ3) is 3.97. The number of nitrogens with zero attached hydrogens (tertiary/aromatic N) is 2. The van der Waals surface area contributed by atoms with Gasteiger partial charge >= 0.3 is 0 Å². The molecule has 2 aliphatic rings. The third-order valence-electron chi connectivity index (χ3n) is 5.18. The summed E-state index contributed by atoms with van der Waals surface area (Å²) in [5, 5.41) is 0. The Balaban J connectivity index is 1.56. The third-order valence-corrected chi connectivity index (χ3v) is 5.18. The standard InChI is InChI=1S/C20H28N2O2/c1-2-5-19(23)21-10-4-11-22(13-12-21)20(24)15-16-8-9-17-6-3-7-18(17)14-16/h8-9,14H,2-7,10-13,15H2,1H3. The molecule has 4 nitrogen and oxygen atoms in total. The van der Waals surface area contributed by atoms with Crippen molar-refractivity contribution in [2.45, 2.75) is 51.9 Å². The van der Waals surface area contributed by atoms with Gasteiger partial charge in [-0.05, 0) is 48.8 Å². The number of carbonyl (C=O) groups is 2. The average molecular weight is 328 g/mol. The largest absolute Gasteiger partial charge is 0.341 e. The van der Waals surface area contributed by atoms with E-state index in [-0.39, 0.29) is 11.8 Å². The van der Waals surface area contributed by atoms with Gasteiger partial charge in [0.05, 0.1) is 6.42 Å². The van der Waals surface area contributed by atoms with E-state index in [2.05, 4.69) is 18.2 Å². The Morgan fingerprint density at radius 3 is 2.38 bits per heavy atom. The van der Waals surface area contributed by atoms with Crippen LogP contribution in [-0.4, -0.2) is 47.8 Å². The van der Waals surface area contributed by atoms with Crippen LogP contribution in [0.25, 0.3) is 0 Å². The van der Waals surface area contributed by atoms with Gasteiger partial charge < -0.3 is 9.80 Å². The maximum absolute atomic E-state index is 12.6. The van der Waals surface area contributed by atoms with Gasteiger partial charge in [0, 0.05) is 32.6 Å². The van der Waals surface area contributed by atoms with E-state index in [1.807, 2.05) is 16.7 Å². The molecule has 0 saturated carbocycles. The molecule has 0 radical (unpaired) electrons. The van der Waals surface area contributed by atoms with E-state index in [1.165, 1.54) is 24.0 Å². The van der Waals surface area contributed by atoms with Gasteiger partial charge in [-0.25, -0.2) is 0 Å². The van der Waals surface area contributed by atoms with E-state index < -0.39 is 0 Å². The van der Waals surface area contributed by atoms with E-state index in [0.717, 1.165) is 37.9 Å². The second-order valence-electron chi connectivity index (χ2n) is 7.00. The lowest BCUT2D eigenvalue weighted by atomic mass is 10.0. The van der Waals surface area contributed by atoms with Gasteiger partial charge in [0.25, 0.3) is 0 Å². The zero-order valence-corrected chi connectivity index (χ0v) is 14.7. The summed E-state index contributed by atoms with van der Waals surface area (Å²) in [6.45, 7) is 4.91. The summed E-state index contributed by atoms with van der Waals surface area (Å²) in [6.07, 6.45) is 6.42. The van der Waals surface area contributed by atoms with Gasteiger partial charge in [-0.1, -0.05) is 25.1 Å². The topological polar surface area (TPSA) is 40.6 Å². The van der Waals surface area contributed by atoms with E-state index >= 15 is 0 Å². The smallest absolute Gasteiger partial charge is 0.227 e. The number of rotatable bonds is 4. The monoisotopic (exact) mass is 328 g/mol. The molecule has 1 aliphatic heterocycles. The van der Waals surface area contributed by atoms with Gasteiger partial charge in [-0.2, -0.15) is 0 Å². The van der Waals surface area contributed by atoms with Crippen molar-refractivity contribution < 1.29 is 9.59 Å². The highest BCUT2D eigenvalue weighted by Crippen LogP contribution is 2.23. The number of amides is 2. The molecule has 3 rings (SSSR count). The van der Waals surface area contributed by atoms with Crippen molar-refractivity contribution in [3.05, 3.63) is 34.9 Å². The Morgan fingerprint density at radius 2 is 1.62 bits per heavy atom. The molecule has 0 N–H and O–H groups in total. The Kier molecular flexibility index (Phi) is 5.54. The summed E-state index contributed by atoms with van der Waals surface area (Å²) in [6, 6.07) is 6.52. The van der Waals surface area contributed by atoms with E-state index in [1.54, 1.807) is 0 Å². The number of hydrogen-bond donors (Lipinski definition) is 0. The lowest BCUT2D eigenvalue weighted by Gasteiger charge is -2.22. The van der Waals surface area contributed by atoms with E-state index in [0.29, 0.717) is 25.9 Å². The van der Waals surface area contributed by atoms with Crippen LogP contribution in [0.4, 0.5) is 0 Å². The molecule has 2 amide bonds. The van der Waals surface area contributed by atoms with Crippen molar-refractivity contribution in [3.8, 4) is 0 Å². The molecule has 0 atom stereocenters. The highest BCUT2D eigenvalue weighted by molar-refractivity contribution is 5.79. The van der Waals surface area contributed by atoms with Gasteiger partial charge in [0.1, 0.15) is 0 Å². The molecule has 1 aromatic rings. The average Bonchev–Trinajstić information content (AvgIpc) is 2.89. The van der Waals surface area contributed by atoms with Crippen molar-refractivity contribution in [1.29, 1.82) is 0 Å². The van der Waals surface area contributed by atoms with Gasteiger partial charge in [-0.3, -0.25) is 9.59 Å². The molecule has 1 fully saturated rings. The van der Waals surface area contributed by atoms with E-state index in [4.69, 9.17) is 0 Å². The van der Waals surface area contributed by atoms with E-state index in [9.17, 15) is 9.59 Å². The predicted molar refractivity (Wildman–Crippen MR) is 94.9 cm³/mol. The summed E-state index contributed by atoms with van der Waals surface area (Å²) >= 11 is 0. The van der Waals surface area contributed by atoms with Crippen LogP contribution in [0.2, 0.25) is 0 Å². The summed E-state index contributed by atoms with van der Waals surface area (Å²) in [5.41, 5.74) is 4.00. The quantitative estimate of drug-likeness (QED) is 0.852. The molecule has 1 heterocycles. The van der Waals surface area contributed by atoms with Crippen LogP contribution >= 0.6 is 0 Å². The Bertz CT molecular complexity index is 612. The Labute approximate surface area is 144 Å². The minimum absolute atomic E-state index is 0.192. The van der Waals surface area contributed by atoms with Crippen molar-refractivity contribution in [3.63, 3.8) is 0 Å². The molecular weight excluding hydrogens is 300 g/mol. The van der Waals surface area contributed by atoms with Gasteiger partial charge in [-0.15, -0.1) is 0 Å². The zero-order chi connectivity index (χ0) is 16.9. The molecule has 1 saturated heterocycles.